The van der Waals surface area contributed by atoms with E-state index in [1.165, 1.54) is 37.7 Å². The Balaban J connectivity index is 1.78. The Kier molecular flexibility index (Phi) is 5.59. The zero-order chi connectivity index (χ0) is 17.1. The molecule has 1 aromatic heterocycles. The summed E-state index contributed by atoms with van der Waals surface area (Å²) >= 11 is 0. The van der Waals surface area contributed by atoms with Crippen LogP contribution in [-0.4, -0.2) is 41.7 Å². The van der Waals surface area contributed by atoms with Gasteiger partial charge in [0, 0.05) is 43.0 Å². The van der Waals surface area contributed by atoms with Crippen molar-refractivity contribution in [2.45, 2.75) is 71.9 Å². The summed E-state index contributed by atoms with van der Waals surface area (Å²) in [6.07, 6.45) is 6.58. The van der Waals surface area contributed by atoms with Crippen molar-refractivity contribution >= 4 is 11.8 Å². The van der Waals surface area contributed by atoms with Gasteiger partial charge in [-0.25, -0.2) is 4.98 Å². The summed E-state index contributed by atoms with van der Waals surface area (Å²) in [5, 5.41) is 7.32. The number of aryl methyl sites for hydroxylation is 1. The van der Waals surface area contributed by atoms with Crippen LogP contribution in [0.4, 0.5) is 11.8 Å². The molecule has 0 amide bonds. The number of hydrogen-bond acceptors (Lipinski definition) is 5. The molecule has 1 aromatic rings. The molecule has 0 bridgehead atoms. The van der Waals surface area contributed by atoms with Gasteiger partial charge in [-0.1, -0.05) is 33.1 Å². The lowest BCUT2D eigenvalue weighted by Gasteiger charge is -2.36. The van der Waals surface area contributed by atoms with Gasteiger partial charge in [-0.15, -0.1) is 0 Å². The van der Waals surface area contributed by atoms with Gasteiger partial charge in [0.25, 0.3) is 0 Å². The predicted octanol–water partition coefficient (Wildman–Crippen LogP) is 3.27. The third-order valence-corrected chi connectivity index (χ3v) is 5.62. The predicted molar refractivity (Wildman–Crippen MR) is 101 cm³/mol. The SMILES string of the molecule is Cc1nc(N2CCN[C@@H](C(C)C)C2)nc(NC2CCCCC2)c1C. The number of piperazine rings is 1. The molecule has 0 radical (unpaired) electrons. The van der Waals surface area contributed by atoms with Crippen molar-refractivity contribution in [3.05, 3.63) is 11.3 Å². The maximum Gasteiger partial charge on any atom is 0.227 e. The van der Waals surface area contributed by atoms with E-state index in [9.17, 15) is 0 Å². The minimum Gasteiger partial charge on any atom is -0.367 e. The number of anilines is 2. The van der Waals surface area contributed by atoms with Crippen LogP contribution in [-0.2, 0) is 0 Å². The summed E-state index contributed by atoms with van der Waals surface area (Å²) in [7, 11) is 0. The molecular formula is C19H33N5. The van der Waals surface area contributed by atoms with E-state index < -0.39 is 0 Å². The molecule has 2 fully saturated rings. The lowest BCUT2D eigenvalue weighted by molar-refractivity contribution is 0.366. The number of nitrogens with one attached hydrogen (secondary N) is 2. The van der Waals surface area contributed by atoms with Crippen molar-refractivity contribution in [1.29, 1.82) is 0 Å². The van der Waals surface area contributed by atoms with E-state index in [0.717, 1.165) is 37.1 Å². The van der Waals surface area contributed by atoms with Crippen molar-refractivity contribution in [2.24, 2.45) is 5.92 Å². The molecule has 1 aliphatic carbocycles. The molecule has 2 N–H and O–H groups in total. The first-order chi connectivity index (χ1) is 11.5. The highest BCUT2D eigenvalue weighted by atomic mass is 15.3. The van der Waals surface area contributed by atoms with Crippen molar-refractivity contribution < 1.29 is 0 Å². The van der Waals surface area contributed by atoms with E-state index in [1.54, 1.807) is 0 Å². The van der Waals surface area contributed by atoms with Crippen molar-refractivity contribution in [2.75, 3.05) is 29.9 Å². The first-order valence-electron chi connectivity index (χ1n) is 9.64. The van der Waals surface area contributed by atoms with Crippen LogP contribution in [0.2, 0.25) is 0 Å². The van der Waals surface area contributed by atoms with Crippen LogP contribution >= 0.6 is 0 Å². The first-order valence-corrected chi connectivity index (χ1v) is 9.64. The summed E-state index contributed by atoms with van der Waals surface area (Å²) in [5.74, 6) is 2.56. The van der Waals surface area contributed by atoms with Gasteiger partial charge < -0.3 is 15.5 Å². The normalized spacial score (nSPS) is 22.9. The van der Waals surface area contributed by atoms with Crippen LogP contribution in [0.15, 0.2) is 0 Å². The van der Waals surface area contributed by atoms with Crippen LogP contribution in [0.3, 0.4) is 0 Å². The fourth-order valence-electron chi connectivity index (χ4n) is 3.74. The van der Waals surface area contributed by atoms with E-state index in [2.05, 4.69) is 43.2 Å². The molecule has 2 heterocycles. The Morgan fingerprint density at radius 1 is 1.12 bits per heavy atom. The standard InChI is InChI=1S/C19H33N5/c1-13(2)17-12-24(11-10-20-17)19-21-15(4)14(3)18(23-19)22-16-8-6-5-7-9-16/h13,16-17,20H,5-12H2,1-4H3,(H,21,22,23)/t17-/m1/s1. The van der Waals surface area contributed by atoms with Crippen molar-refractivity contribution in [3.8, 4) is 0 Å². The first kappa shape index (κ1) is 17.5. The highest BCUT2D eigenvalue weighted by Crippen LogP contribution is 2.25. The van der Waals surface area contributed by atoms with Crippen molar-refractivity contribution in [3.63, 3.8) is 0 Å². The second kappa shape index (κ2) is 7.68. The molecule has 0 unspecified atom stereocenters. The summed E-state index contributed by atoms with van der Waals surface area (Å²) in [6.45, 7) is 11.8. The molecular weight excluding hydrogens is 298 g/mol. The molecule has 1 saturated carbocycles. The minimum absolute atomic E-state index is 0.513. The molecule has 5 heteroatoms. The molecule has 3 rings (SSSR count). The van der Waals surface area contributed by atoms with Crippen LogP contribution in [0.5, 0.6) is 0 Å². The lowest BCUT2D eigenvalue weighted by atomic mass is 9.95. The quantitative estimate of drug-likeness (QED) is 0.887. The minimum atomic E-state index is 0.513. The zero-order valence-electron chi connectivity index (χ0n) is 15.7. The monoisotopic (exact) mass is 331 g/mol. The van der Waals surface area contributed by atoms with Gasteiger partial charge >= 0.3 is 0 Å². The van der Waals surface area contributed by atoms with Gasteiger partial charge in [-0.3, -0.25) is 0 Å². The van der Waals surface area contributed by atoms with Gasteiger partial charge in [-0.2, -0.15) is 4.98 Å². The Morgan fingerprint density at radius 3 is 2.58 bits per heavy atom. The van der Waals surface area contributed by atoms with Gasteiger partial charge in [0.2, 0.25) is 5.95 Å². The van der Waals surface area contributed by atoms with Crippen molar-refractivity contribution in [1.82, 2.24) is 15.3 Å². The highest BCUT2D eigenvalue weighted by molar-refractivity contribution is 5.51. The fraction of sp³-hybridized carbons (Fsp3) is 0.789. The third-order valence-electron chi connectivity index (χ3n) is 5.62. The molecule has 1 saturated heterocycles. The molecule has 2 aliphatic rings. The van der Waals surface area contributed by atoms with E-state index in [4.69, 9.17) is 9.97 Å². The fourth-order valence-corrected chi connectivity index (χ4v) is 3.74. The molecule has 1 aliphatic heterocycles. The van der Waals surface area contributed by atoms with Gasteiger partial charge in [-0.05, 0) is 32.6 Å². The molecule has 0 spiro atoms. The molecule has 1 atom stereocenters. The Hall–Kier alpha value is -1.36. The molecule has 0 aromatic carbocycles. The number of hydrogen-bond donors (Lipinski definition) is 2. The highest BCUT2D eigenvalue weighted by Gasteiger charge is 2.25. The Bertz CT molecular complexity index is 551. The summed E-state index contributed by atoms with van der Waals surface area (Å²) < 4.78 is 0. The maximum atomic E-state index is 4.92. The molecule has 5 nitrogen and oxygen atoms in total. The van der Waals surface area contributed by atoms with Gasteiger partial charge in [0.1, 0.15) is 5.82 Å². The second-order valence-corrected chi connectivity index (χ2v) is 7.81. The van der Waals surface area contributed by atoms with E-state index in [0.29, 0.717) is 18.0 Å². The van der Waals surface area contributed by atoms with Crippen LogP contribution < -0.4 is 15.5 Å². The topological polar surface area (TPSA) is 53.1 Å². The second-order valence-electron chi connectivity index (χ2n) is 7.81. The van der Waals surface area contributed by atoms with Gasteiger partial charge in [0.15, 0.2) is 0 Å². The average molecular weight is 332 g/mol. The maximum absolute atomic E-state index is 4.92. The largest absolute Gasteiger partial charge is 0.367 e. The van der Waals surface area contributed by atoms with Crippen LogP contribution in [0.25, 0.3) is 0 Å². The van der Waals surface area contributed by atoms with E-state index in [-0.39, 0.29) is 0 Å². The number of aromatic nitrogens is 2. The van der Waals surface area contributed by atoms with Crippen LogP contribution in [0.1, 0.15) is 57.2 Å². The smallest absolute Gasteiger partial charge is 0.227 e. The van der Waals surface area contributed by atoms with Crippen LogP contribution in [0, 0.1) is 19.8 Å². The number of nitrogens with zero attached hydrogens (tertiary/aromatic N) is 3. The third kappa shape index (κ3) is 4.00. The lowest BCUT2D eigenvalue weighted by Crippen LogP contribution is -2.53. The van der Waals surface area contributed by atoms with E-state index >= 15 is 0 Å². The Labute approximate surface area is 146 Å². The number of rotatable bonds is 4. The average Bonchev–Trinajstić information content (AvgIpc) is 2.59. The summed E-state index contributed by atoms with van der Waals surface area (Å²) in [5.41, 5.74) is 2.29. The molecule has 134 valence electrons. The summed E-state index contributed by atoms with van der Waals surface area (Å²) in [4.78, 5) is 12.1. The Morgan fingerprint density at radius 2 is 1.88 bits per heavy atom. The summed E-state index contributed by atoms with van der Waals surface area (Å²) in [6, 6.07) is 1.09. The van der Waals surface area contributed by atoms with Gasteiger partial charge in [0.05, 0.1) is 0 Å². The zero-order valence-corrected chi connectivity index (χ0v) is 15.7. The van der Waals surface area contributed by atoms with E-state index in [1.807, 2.05) is 0 Å². The molecule has 24 heavy (non-hydrogen) atoms.